The van der Waals surface area contributed by atoms with Crippen LogP contribution in [0.25, 0.3) is 5.76 Å². The van der Waals surface area contributed by atoms with Gasteiger partial charge in [-0.15, -0.1) is 0 Å². The maximum Gasteiger partial charge on any atom is 0.253 e. The van der Waals surface area contributed by atoms with Crippen LogP contribution in [-0.2, 0) is 4.79 Å². The number of hydrogen-bond donors (Lipinski definition) is 2. The molecule has 0 atom stereocenters. The molecule has 1 rings (SSSR count). The summed E-state index contributed by atoms with van der Waals surface area (Å²) < 4.78 is 0. The lowest BCUT2D eigenvalue weighted by atomic mass is 10.1. The molecule has 20 heavy (non-hydrogen) atoms. The molecule has 1 aromatic heterocycles. The van der Waals surface area contributed by atoms with Gasteiger partial charge in [0.05, 0.1) is 11.4 Å². The van der Waals surface area contributed by atoms with Gasteiger partial charge in [-0.25, -0.2) is 9.97 Å². The fourth-order valence-corrected chi connectivity index (χ4v) is 1.47. The predicted molar refractivity (Wildman–Crippen MR) is 73.4 cm³/mol. The van der Waals surface area contributed by atoms with E-state index >= 15 is 0 Å². The van der Waals surface area contributed by atoms with Gasteiger partial charge < -0.3 is 10.2 Å². The number of ketones is 2. The topological polar surface area (TPSA) is 100 Å². The van der Waals surface area contributed by atoms with E-state index in [4.69, 9.17) is 0 Å². The van der Waals surface area contributed by atoms with E-state index in [-0.39, 0.29) is 22.8 Å². The summed E-state index contributed by atoms with van der Waals surface area (Å²) in [6.45, 7) is 9.50. The molecule has 6 nitrogen and oxygen atoms in total. The van der Waals surface area contributed by atoms with Gasteiger partial charge >= 0.3 is 0 Å². The molecular formula is C14H14N2O4. The van der Waals surface area contributed by atoms with Gasteiger partial charge in [-0.1, -0.05) is 13.2 Å². The number of hydrogen-bond acceptors (Lipinski definition) is 6. The molecule has 0 spiro atoms. The van der Waals surface area contributed by atoms with Crippen LogP contribution in [0.2, 0.25) is 0 Å². The van der Waals surface area contributed by atoms with Gasteiger partial charge in [-0.3, -0.25) is 9.59 Å². The average Bonchev–Trinajstić information content (AvgIpc) is 2.45. The van der Waals surface area contributed by atoms with Crippen LogP contribution in [0.5, 0.6) is 0 Å². The first-order valence-electron chi connectivity index (χ1n) is 5.64. The van der Waals surface area contributed by atoms with E-state index < -0.39 is 23.1 Å². The van der Waals surface area contributed by atoms with Crippen molar-refractivity contribution in [3.8, 4) is 0 Å². The van der Waals surface area contributed by atoms with Crippen molar-refractivity contribution in [3.05, 3.63) is 53.8 Å². The van der Waals surface area contributed by atoms with Crippen molar-refractivity contribution in [1.82, 2.24) is 9.97 Å². The monoisotopic (exact) mass is 274 g/mol. The van der Waals surface area contributed by atoms with E-state index in [1.165, 1.54) is 13.8 Å². The van der Waals surface area contributed by atoms with Crippen LogP contribution in [0.3, 0.4) is 0 Å². The lowest BCUT2D eigenvalue weighted by Gasteiger charge is -2.08. The van der Waals surface area contributed by atoms with Crippen LogP contribution in [-0.4, -0.2) is 31.7 Å². The van der Waals surface area contributed by atoms with E-state index in [9.17, 15) is 19.8 Å². The van der Waals surface area contributed by atoms with Crippen molar-refractivity contribution < 1.29 is 19.8 Å². The Kier molecular flexibility index (Phi) is 4.53. The van der Waals surface area contributed by atoms with Crippen molar-refractivity contribution >= 4 is 17.3 Å². The molecule has 1 heterocycles. The van der Waals surface area contributed by atoms with Crippen molar-refractivity contribution in [2.75, 3.05) is 0 Å². The fraction of sp³-hybridized carbons (Fsp3) is 0.143. The summed E-state index contributed by atoms with van der Waals surface area (Å²) in [6, 6.07) is 0. The minimum atomic E-state index is -0.823. The molecule has 0 saturated carbocycles. The number of nitrogens with zero attached hydrogens (tertiary/aromatic N) is 2. The van der Waals surface area contributed by atoms with Crippen LogP contribution in [0.1, 0.15) is 27.6 Å². The van der Waals surface area contributed by atoms with Gasteiger partial charge in [-0.05, 0) is 26.0 Å². The van der Waals surface area contributed by atoms with Gasteiger partial charge in [0.1, 0.15) is 11.4 Å². The summed E-state index contributed by atoms with van der Waals surface area (Å²) in [5, 5.41) is 19.2. The first-order chi connectivity index (χ1) is 9.33. The second kappa shape index (κ2) is 5.92. The predicted octanol–water partition coefficient (Wildman–Crippen LogP) is 2.00. The number of aryl methyl sites for hydroxylation is 2. The molecule has 104 valence electrons. The maximum atomic E-state index is 11.8. The summed E-state index contributed by atoms with van der Waals surface area (Å²) >= 11 is 0. The second-order valence-electron chi connectivity index (χ2n) is 3.93. The summed E-state index contributed by atoms with van der Waals surface area (Å²) in [5.41, 5.74) is 0.264. The highest BCUT2D eigenvalue weighted by molar-refractivity contribution is 6.47. The van der Waals surface area contributed by atoms with E-state index in [1.807, 2.05) is 0 Å². The number of carbonyl (C=O) groups is 2. The molecule has 1 aromatic rings. The summed E-state index contributed by atoms with van der Waals surface area (Å²) in [6.07, 6.45) is 1.94. The number of aromatic nitrogens is 2. The normalized spacial score (nSPS) is 11.5. The van der Waals surface area contributed by atoms with Gasteiger partial charge in [0.15, 0.2) is 11.5 Å². The van der Waals surface area contributed by atoms with Gasteiger partial charge in [0.25, 0.3) is 5.78 Å². The number of allylic oxidation sites excluding steroid dienone is 2. The Morgan fingerprint density at radius 3 is 2.00 bits per heavy atom. The zero-order valence-electron chi connectivity index (χ0n) is 11.2. The van der Waals surface area contributed by atoms with Crippen LogP contribution < -0.4 is 0 Å². The van der Waals surface area contributed by atoms with Crippen LogP contribution >= 0.6 is 0 Å². The van der Waals surface area contributed by atoms with Gasteiger partial charge in [0.2, 0.25) is 5.78 Å². The minimum Gasteiger partial charge on any atom is -0.504 e. The highest BCUT2D eigenvalue weighted by atomic mass is 16.3. The molecule has 6 heteroatoms. The highest BCUT2D eigenvalue weighted by Crippen LogP contribution is 2.18. The highest BCUT2D eigenvalue weighted by Gasteiger charge is 2.21. The third-order valence-corrected chi connectivity index (χ3v) is 2.53. The van der Waals surface area contributed by atoms with E-state index in [2.05, 4.69) is 23.1 Å². The smallest absolute Gasteiger partial charge is 0.253 e. The number of rotatable bonds is 5. The molecule has 0 aliphatic heterocycles. The molecule has 0 aliphatic carbocycles. The first-order valence-corrected chi connectivity index (χ1v) is 5.64. The molecular weight excluding hydrogens is 260 g/mol. The molecule has 0 unspecified atom stereocenters. The quantitative estimate of drug-likeness (QED) is 0.280. The molecule has 2 N–H and O–H groups in total. The summed E-state index contributed by atoms with van der Waals surface area (Å²) in [4.78, 5) is 31.0. The largest absolute Gasteiger partial charge is 0.504 e. The Morgan fingerprint density at radius 1 is 1.00 bits per heavy atom. The van der Waals surface area contributed by atoms with Crippen LogP contribution in [0.15, 0.2) is 31.1 Å². The molecule has 0 aromatic carbocycles. The average molecular weight is 274 g/mol. The van der Waals surface area contributed by atoms with Gasteiger partial charge in [-0.2, -0.15) is 0 Å². The Hall–Kier alpha value is -2.76. The molecule has 0 radical (unpaired) electrons. The Bertz CT molecular complexity index is 645. The molecule has 0 bridgehead atoms. The molecule has 0 aliphatic rings. The van der Waals surface area contributed by atoms with Crippen molar-refractivity contribution in [2.24, 2.45) is 0 Å². The Morgan fingerprint density at radius 2 is 1.50 bits per heavy atom. The Balaban J connectivity index is 3.43. The van der Waals surface area contributed by atoms with Crippen LogP contribution in [0.4, 0.5) is 0 Å². The lowest BCUT2D eigenvalue weighted by Crippen LogP contribution is -2.17. The summed E-state index contributed by atoms with van der Waals surface area (Å²) in [7, 11) is 0. The van der Waals surface area contributed by atoms with E-state index in [0.717, 1.165) is 12.2 Å². The van der Waals surface area contributed by atoms with Gasteiger partial charge in [0, 0.05) is 0 Å². The van der Waals surface area contributed by atoms with Crippen molar-refractivity contribution in [1.29, 1.82) is 0 Å². The SMILES string of the molecule is C=CC(=O)C(=O)c1nc(C)c(C(O)=C(O)C=C)nc1C. The first kappa shape index (κ1) is 15.3. The third kappa shape index (κ3) is 2.80. The standard InChI is InChI=1S/C14H14N2O4/c1-5-9(17)13(19)11-7(3)16-12(8(4)15-11)14(20)10(18)6-2/h5-6,17,19H,1-2H2,3-4H3. The molecule has 0 saturated heterocycles. The minimum absolute atomic E-state index is 0.0162. The number of aliphatic hydroxyl groups excluding tert-OH is 2. The van der Waals surface area contributed by atoms with E-state index in [0.29, 0.717) is 0 Å². The fourth-order valence-electron chi connectivity index (χ4n) is 1.47. The molecule has 0 amide bonds. The maximum absolute atomic E-state index is 11.8. The Labute approximate surface area is 115 Å². The zero-order chi connectivity index (χ0) is 15.4. The third-order valence-electron chi connectivity index (χ3n) is 2.53. The second-order valence-corrected chi connectivity index (χ2v) is 3.93. The number of aliphatic hydroxyl groups is 2. The number of carbonyl (C=O) groups excluding carboxylic acids is 2. The van der Waals surface area contributed by atoms with Crippen molar-refractivity contribution in [3.63, 3.8) is 0 Å². The molecule has 0 fully saturated rings. The van der Waals surface area contributed by atoms with E-state index in [1.54, 1.807) is 0 Å². The van der Waals surface area contributed by atoms with Crippen molar-refractivity contribution in [2.45, 2.75) is 13.8 Å². The number of Topliss-reactive ketones (excluding diaryl/α,β-unsaturated/α-hetero) is 1. The lowest BCUT2D eigenvalue weighted by molar-refractivity contribution is -0.110. The van der Waals surface area contributed by atoms with Crippen LogP contribution in [0, 0.1) is 13.8 Å². The zero-order valence-corrected chi connectivity index (χ0v) is 11.2. The summed E-state index contributed by atoms with van der Waals surface area (Å²) in [5.74, 6) is -2.57.